The van der Waals surface area contributed by atoms with Gasteiger partial charge in [0.1, 0.15) is 0 Å². The van der Waals surface area contributed by atoms with E-state index in [2.05, 4.69) is 10.2 Å². The lowest BCUT2D eigenvalue weighted by atomic mass is 10.2. The van der Waals surface area contributed by atoms with Crippen LogP contribution in [0.15, 0.2) is 60.7 Å². The van der Waals surface area contributed by atoms with Gasteiger partial charge in [0.2, 0.25) is 0 Å². The van der Waals surface area contributed by atoms with E-state index in [1.165, 1.54) is 0 Å². The van der Waals surface area contributed by atoms with Crippen LogP contribution in [-0.2, 0) is 5.88 Å². The third-order valence-electron chi connectivity index (χ3n) is 3.11. The molecule has 0 saturated carbocycles. The number of hydrogen-bond acceptors (Lipinski definition) is 2. The Hall–Kier alpha value is -2.39. The highest BCUT2D eigenvalue weighted by Gasteiger charge is 2.10. The van der Waals surface area contributed by atoms with E-state index in [1.54, 1.807) is 0 Å². The molecular formula is C17H14ClN3. The van der Waals surface area contributed by atoms with Crippen molar-refractivity contribution in [1.29, 1.82) is 0 Å². The summed E-state index contributed by atoms with van der Waals surface area (Å²) in [6, 6.07) is 20.1. The molecule has 0 radical (unpaired) electrons. The Morgan fingerprint density at radius 1 is 0.857 bits per heavy atom. The van der Waals surface area contributed by atoms with Crippen LogP contribution in [0.1, 0.15) is 17.2 Å². The summed E-state index contributed by atoms with van der Waals surface area (Å²) in [4.78, 5) is 0. The highest BCUT2D eigenvalue weighted by molar-refractivity contribution is 6.16. The molecule has 3 nitrogen and oxygen atoms in total. The fourth-order valence-corrected chi connectivity index (χ4v) is 2.29. The van der Waals surface area contributed by atoms with Gasteiger partial charge in [-0.05, 0) is 23.8 Å². The van der Waals surface area contributed by atoms with Gasteiger partial charge in [-0.2, -0.15) is 0 Å². The third-order valence-corrected chi connectivity index (χ3v) is 3.35. The van der Waals surface area contributed by atoms with E-state index in [1.807, 2.05) is 77.4 Å². The normalized spacial score (nSPS) is 11.1. The van der Waals surface area contributed by atoms with Gasteiger partial charge in [0.25, 0.3) is 0 Å². The average molecular weight is 296 g/mol. The molecule has 0 bridgehead atoms. The number of hydrogen-bond donors (Lipinski definition) is 0. The first-order valence-corrected chi connectivity index (χ1v) is 7.21. The molecule has 0 atom stereocenters. The number of rotatable bonds is 4. The van der Waals surface area contributed by atoms with Gasteiger partial charge in [-0.15, -0.1) is 21.8 Å². The molecule has 0 spiro atoms. The van der Waals surface area contributed by atoms with Crippen molar-refractivity contribution in [2.45, 2.75) is 5.88 Å². The van der Waals surface area contributed by atoms with E-state index in [-0.39, 0.29) is 0 Å². The lowest BCUT2D eigenvalue weighted by Crippen LogP contribution is -2.01. The van der Waals surface area contributed by atoms with Gasteiger partial charge < -0.3 is 0 Å². The zero-order valence-corrected chi connectivity index (χ0v) is 12.1. The number of alkyl halides is 1. The minimum Gasteiger partial charge on any atom is -0.278 e. The maximum absolute atomic E-state index is 5.97. The predicted molar refractivity (Wildman–Crippen MR) is 86.3 cm³/mol. The summed E-state index contributed by atoms with van der Waals surface area (Å²) in [5.74, 6) is 1.82. The van der Waals surface area contributed by atoms with Crippen LogP contribution in [0, 0.1) is 0 Å². The highest BCUT2D eigenvalue weighted by Crippen LogP contribution is 2.16. The Balaban J connectivity index is 2.00. The molecule has 0 aliphatic carbocycles. The topological polar surface area (TPSA) is 30.7 Å². The van der Waals surface area contributed by atoms with Crippen LogP contribution in [0.3, 0.4) is 0 Å². The molecule has 0 unspecified atom stereocenters. The zero-order chi connectivity index (χ0) is 14.5. The van der Waals surface area contributed by atoms with E-state index in [9.17, 15) is 0 Å². The second-order valence-electron chi connectivity index (χ2n) is 4.52. The van der Waals surface area contributed by atoms with Gasteiger partial charge in [0.15, 0.2) is 11.6 Å². The third kappa shape index (κ3) is 3.03. The Kier molecular flexibility index (Phi) is 4.12. The number of benzene rings is 2. The lowest BCUT2D eigenvalue weighted by molar-refractivity contribution is 0.947. The van der Waals surface area contributed by atoms with Crippen molar-refractivity contribution in [2.24, 2.45) is 0 Å². The van der Waals surface area contributed by atoms with Gasteiger partial charge in [0, 0.05) is 5.69 Å². The van der Waals surface area contributed by atoms with Gasteiger partial charge in [-0.25, -0.2) is 0 Å². The van der Waals surface area contributed by atoms with Gasteiger partial charge in [-0.3, -0.25) is 4.57 Å². The van der Waals surface area contributed by atoms with Crippen molar-refractivity contribution in [3.8, 4) is 5.69 Å². The van der Waals surface area contributed by atoms with Crippen molar-refractivity contribution in [3.05, 3.63) is 77.9 Å². The molecule has 0 aliphatic rings. The molecule has 0 aliphatic heterocycles. The van der Waals surface area contributed by atoms with Crippen LogP contribution in [-0.4, -0.2) is 14.8 Å². The Morgan fingerprint density at radius 3 is 2.19 bits per heavy atom. The fraction of sp³-hybridized carbons (Fsp3) is 0.0588. The molecule has 21 heavy (non-hydrogen) atoms. The summed E-state index contributed by atoms with van der Waals surface area (Å²) in [6.07, 6.45) is 3.97. The summed E-state index contributed by atoms with van der Waals surface area (Å²) < 4.78 is 1.96. The Labute approximate surface area is 128 Å². The van der Waals surface area contributed by atoms with Crippen molar-refractivity contribution < 1.29 is 0 Å². The number of nitrogens with zero attached hydrogens (tertiary/aromatic N) is 3. The smallest absolute Gasteiger partial charge is 0.161 e. The van der Waals surface area contributed by atoms with Crippen LogP contribution in [0.5, 0.6) is 0 Å². The van der Waals surface area contributed by atoms with Gasteiger partial charge >= 0.3 is 0 Å². The van der Waals surface area contributed by atoms with Gasteiger partial charge in [-0.1, -0.05) is 54.6 Å². The van der Waals surface area contributed by atoms with E-state index in [4.69, 9.17) is 11.6 Å². The predicted octanol–water partition coefficient (Wildman–Crippen LogP) is 4.18. The molecule has 1 aromatic heterocycles. The molecule has 3 rings (SSSR count). The zero-order valence-electron chi connectivity index (χ0n) is 11.4. The second-order valence-corrected chi connectivity index (χ2v) is 4.79. The Morgan fingerprint density at radius 2 is 1.52 bits per heavy atom. The standard InChI is InChI=1S/C17H14ClN3/c18-13-17-20-19-16(12-11-14-7-3-1-4-8-14)21(17)15-9-5-2-6-10-15/h1-12H,13H2/b12-11+. The quantitative estimate of drug-likeness (QED) is 0.676. The van der Waals surface area contributed by atoms with Crippen molar-refractivity contribution >= 4 is 23.8 Å². The molecule has 104 valence electrons. The van der Waals surface area contributed by atoms with Crippen LogP contribution in [0.2, 0.25) is 0 Å². The van der Waals surface area contributed by atoms with Crippen LogP contribution < -0.4 is 0 Å². The van der Waals surface area contributed by atoms with E-state index in [0.717, 1.165) is 22.9 Å². The van der Waals surface area contributed by atoms with Crippen LogP contribution >= 0.6 is 11.6 Å². The minimum atomic E-state index is 0.321. The largest absolute Gasteiger partial charge is 0.278 e. The molecule has 0 amide bonds. The first-order chi connectivity index (χ1) is 10.4. The van der Waals surface area contributed by atoms with Crippen molar-refractivity contribution in [1.82, 2.24) is 14.8 Å². The fourth-order valence-electron chi connectivity index (χ4n) is 2.12. The number of aromatic nitrogens is 3. The lowest BCUT2D eigenvalue weighted by Gasteiger charge is -2.06. The van der Waals surface area contributed by atoms with E-state index < -0.39 is 0 Å². The molecule has 0 fully saturated rings. The number of para-hydroxylation sites is 1. The monoisotopic (exact) mass is 295 g/mol. The Bertz CT molecular complexity index is 733. The average Bonchev–Trinajstić information content (AvgIpc) is 2.97. The van der Waals surface area contributed by atoms with Crippen LogP contribution in [0.25, 0.3) is 17.8 Å². The molecular weight excluding hydrogens is 282 g/mol. The summed E-state index contributed by atoms with van der Waals surface area (Å²) >= 11 is 5.97. The van der Waals surface area contributed by atoms with Gasteiger partial charge in [0.05, 0.1) is 5.88 Å². The summed E-state index contributed by atoms with van der Waals surface area (Å²) in [7, 11) is 0. The molecule has 0 N–H and O–H groups in total. The molecule has 3 aromatic rings. The van der Waals surface area contributed by atoms with Crippen LogP contribution in [0.4, 0.5) is 0 Å². The first-order valence-electron chi connectivity index (χ1n) is 6.67. The molecule has 0 saturated heterocycles. The maximum Gasteiger partial charge on any atom is 0.161 e. The minimum absolute atomic E-state index is 0.321. The summed E-state index contributed by atoms with van der Waals surface area (Å²) in [6.45, 7) is 0. The highest BCUT2D eigenvalue weighted by atomic mass is 35.5. The second kappa shape index (κ2) is 6.37. The van der Waals surface area contributed by atoms with E-state index in [0.29, 0.717) is 5.88 Å². The maximum atomic E-state index is 5.97. The SMILES string of the molecule is ClCc1nnc(/C=C/c2ccccc2)n1-c1ccccc1. The number of halogens is 1. The van der Waals surface area contributed by atoms with Crippen molar-refractivity contribution in [2.75, 3.05) is 0 Å². The van der Waals surface area contributed by atoms with Crippen molar-refractivity contribution in [3.63, 3.8) is 0 Å². The molecule has 2 aromatic carbocycles. The van der Waals surface area contributed by atoms with E-state index >= 15 is 0 Å². The molecule has 4 heteroatoms. The summed E-state index contributed by atoms with van der Waals surface area (Å²) in [5.41, 5.74) is 2.12. The summed E-state index contributed by atoms with van der Waals surface area (Å²) in [5, 5.41) is 8.37. The molecule has 1 heterocycles. The first kappa shape index (κ1) is 13.6.